The van der Waals surface area contributed by atoms with Gasteiger partial charge in [0.25, 0.3) is 0 Å². The smallest absolute Gasteiger partial charge is 0.414 e. The second kappa shape index (κ2) is 6.41. The van der Waals surface area contributed by atoms with E-state index >= 15 is 0 Å². The molecule has 0 aliphatic carbocycles. The normalized spacial score (nSPS) is 11.6. The topological polar surface area (TPSA) is 55.6 Å². The number of rotatable bonds is 2. The number of aromatic nitrogens is 1. The summed E-state index contributed by atoms with van der Waals surface area (Å²) in [6.07, 6.45) is 2.81. The second-order valence-electron chi connectivity index (χ2n) is 6.74. The molecule has 5 nitrogen and oxygen atoms in total. The first kappa shape index (κ1) is 17.3. The summed E-state index contributed by atoms with van der Waals surface area (Å²) in [7, 11) is 1.68. The molecule has 2 heterocycles. The van der Waals surface area contributed by atoms with E-state index in [-0.39, 0.29) is 0 Å². The first-order valence-corrected chi connectivity index (χ1v) is 8.22. The zero-order valence-electron chi connectivity index (χ0n) is 14.5. The standard InChI is InChI=1S/C19H19ClN2O3/c1-19(2,3)25-18(23)22(4)14-7-5-6-12(8-14)15-11-24-16-9-13(20)10-21-17(15)16/h5-11H,1-4H3. The zero-order valence-corrected chi connectivity index (χ0v) is 15.3. The molecule has 130 valence electrons. The quantitative estimate of drug-likeness (QED) is 0.605. The molecule has 0 saturated heterocycles. The van der Waals surface area contributed by atoms with Crippen molar-refractivity contribution < 1.29 is 13.9 Å². The number of nitrogens with zero attached hydrogens (tertiary/aromatic N) is 2. The highest BCUT2D eigenvalue weighted by Crippen LogP contribution is 2.32. The summed E-state index contributed by atoms with van der Waals surface area (Å²) in [6.45, 7) is 5.51. The van der Waals surface area contributed by atoms with Crippen LogP contribution in [0, 0.1) is 0 Å². The number of anilines is 1. The van der Waals surface area contributed by atoms with Gasteiger partial charge in [-0.2, -0.15) is 0 Å². The summed E-state index contributed by atoms with van der Waals surface area (Å²) in [5.74, 6) is 0. The van der Waals surface area contributed by atoms with Crippen molar-refractivity contribution in [2.24, 2.45) is 0 Å². The number of carbonyl (C=O) groups excluding carboxylic acids is 1. The van der Waals surface area contributed by atoms with E-state index in [1.807, 2.05) is 45.0 Å². The van der Waals surface area contributed by atoms with Gasteiger partial charge in [-0.05, 0) is 38.5 Å². The Morgan fingerprint density at radius 1 is 1.28 bits per heavy atom. The van der Waals surface area contributed by atoms with Crippen molar-refractivity contribution in [2.45, 2.75) is 26.4 Å². The Labute approximate surface area is 151 Å². The summed E-state index contributed by atoms with van der Waals surface area (Å²) in [5.41, 5.74) is 3.24. The average Bonchev–Trinajstić information content (AvgIpc) is 2.95. The van der Waals surface area contributed by atoms with E-state index in [1.165, 1.54) is 4.90 Å². The van der Waals surface area contributed by atoms with Gasteiger partial charge in [-0.3, -0.25) is 9.88 Å². The van der Waals surface area contributed by atoms with E-state index in [4.69, 9.17) is 20.8 Å². The van der Waals surface area contributed by atoms with Crippen LogP contribution in [0.2, 0.25) is 5.02 Å². The lowest BCUT2D eigenvalue weighted by molar-refractivity contribution is 0.0589. The SMILES string of the molecule is CN(C(=O)OC(C)(C)C)c1cccc(-c2coc3cc(Cl)cnc23)c1. The van der Waals surface area contributed by atoms with Crippen LogP contribution in [-0.2, 0) is 4.74 Å². The number of amides is 1. The third-order valence-corrected chi connectivity index (χ3v) is 3.80. The molecule has 2 aromatic heterocycles. The van der Waals surface area contributed by atoms with Gasteiger partial charge >= 0.3 is 6.09 Å². The van der Waals surface area contributed by atoms with Gasteiger partial charge in [0.15, 0.2) is 5.58 Å². The molecule has 3 aromatic rings. The van der Waals surface area contributed by atoms with Crippen LogP contribution in [-0.4, -0.2) is 23.7 Å². The number of halogens is 1. The lowest BCUT2D eigenvalue weighted by atomic mass is 10.1. The van der Waals surface area contributed by atoms with E-state index in [0.29, 0.717) is 10.6 Å². The molecule has 3 rings (SSSR count). The summed E-state index contributed by atoms with van der Waals surface area (Å²) in [5, 5.41) is 0.520. The van der Waals surface area contributed by atoms with E-state index < -0.39 is 11.7 Å². The minimum Gasteiger partial charge on any atom is -0.462 e. The fourth-order valence-electron chi connectivity index (χ4n) is 2.41. The third kappa shape index (κ3) is 3.77. The van der Waals surface area contributed by atoms with Crippen LogP contribution in [0.3, 0.4) is 0 Å². The number of ether oxygens (including phenoxy) is 1. The molecule has 0 aliphatic rings. The van der Waals surface area contributed by atoms with Gasteiger partial charge in [0.05, 0.1) is 5.02 Å². The summed E-state index contributed by atoms with van der Waals surface area (Å²) in [6, 6.07) is 9.28. The lowest BCUT2D eigenvalue weighted by Crippen LogP contribution is -2.34. The van der Waals surface area contributed by atoms with Gasteiger partial charge in [-0.25, -0.2) is 4.79 Å². The fraction of sp³-hybridized carbons (Fsp3) is 0.263. The minimum atomic E-state index is -0.549. The minimum absolute atomic E-state index is 0.411. The van der Waals surface area contributed by atoms with Crippen molar-refractivity contribution in [1.29, 1.82) is 0 Å². The molecule has 0 spiro atoms. The molecular formula is C19H19ClN2O3. The monoisotopic (exact) mass is 358 g/mol. The van der Waals surface area contributed by atoms with E-state index in [0.717, 1.165) is 22.3 Å². The van der Waals surface area contributed by atoms with E-state index in [2.05, 4.69) is 4.98 Å². The van der Waals surface area contributed by atoms with Crippen LogP contribution in [0.1, 0.15) is 20.8 Å². The van der Waals surface area contributed by atoms with Crippen LogP contribution in [0.4, 0.5) is 10.5 Å². The molecule has 0 bridgehead atoms. The molecule has 0 aliphatic heterocycles. The number of furan rings is 1. The van der Waals surface area contributed by atoms with Crippen molar-refractivity contribution in [1.82, 2.24) is 4.98 Å². The lowest BCUT2D eigenvalue weighted by Gasteiger charge is -2.24. The van der Waals surface area contributed by atoms with E-state index in [9.17, 15) is 4.79 Å². The van der Waals surface area contributed by atoms with Gasteiger partial charge in [0.1, 0.15) is 17.4 Å². The number of hydrogen-bond acceptors (Lipinski definition) is 4. The first-order chi connectivity index (χ1) is 11.7. The molecule has 6 heteroatoms. The van der Waals surface area contributed by atoms with Crippen molar-refractivity contribution in [3.8, 4) is 11.1 Å². The molecule has 0 N–H and O–H groups in total. The Hall–Kier alpha value is -2.53. The van der Waals surface area contributed by atoms with E-state index in [1.54, 1.807) is 25.6 Å². The number of hydrogen-bond donors (Lipinski definition) is 0. The molecule has 0 unspecified atom stereocenters. The molecule has 0 fully saturated rings. The number of fused-ring (bicyclic) bond motifs is 1. The predicted molar refractivity (Wildman–Crippen MR) is 99.1 cm³/mol. The zero-order chi connectivity index (χ0) is 18.2. The number of pyridine rings is 1. The largest absolute Gasteiger partial charge is 0.462 e. The maximum Gasteiger partial charge on any atom is 0.414 e. The van der Waals surface area contributed by atoms with Crippen LogP contribution >= 0.6 is 11.6 Å². The Bertz CT molecular complexity index is 928. The van der Waals surface area contributed by atoms with Crippen molar-refractivity contribution >= 4 is 34.5 Å². The third-order valence-electron chi connectivity index (χ3n) is 3.59. The Balaban J connectivity index is 1.94. The van der Waals surface area contributed by atoms with Gasteiger partial charge in [0, 0.05) is 30.6 Å². The molecule has 25 heavy (non-hydrogen) atoms. The van der Waals surface area contributed by atoms with Gasteiger partial charge in [-0.15, -0.1) is 0 Å². The van der Waals surface area contributed by atoms with Gasteiger partial charge in [-0.1, -0.05) is 23.7 Å². The predicted octanol–water partition coefficient (Wildman–Crippen LogP) is 5.52. The first-order valence-electron chi connectivity index (χ1n) is 7.84. The summed E-state index contributed by atoms with van der Waals surface area (Å²) < 4.78 is 11.0. The maximum absolute atomic E-state index is 12.3. The highest BCUT2D eigenvalue weighted by molar-refractivity contribution is 6.31. The molecule has 1 amide bonds. The van der Waals surface area contributed by atoms with Gasteiger partial charge in [0.2, 0.25) is 0 Å². The van der Waals surface area contributed by atoms with Crippen molar-refractivity contribution in [3.05, 3.63) is 47.8 Å². The number of benzene rings is 1. The molecule has 0 saturated carbocycles. The van der Waals surface area contributed by atoms with Crippen molar-refractivity contribution in [2.75, 3.05) is 11.9 Å². The summed E-state index contributed by atoms with van der Waals surface area (Å²) in [4.78, 5) is 18.1. The molecular weight excluding hydrogens is 340 g/mol. The van der Waals surface area contributed by atoms with Crippen LogP contribution in [0.5, 0.6) is 0 Å². The molecule has 1 aromatic carbocycles. The second-order valence-corrected chi connectivity index (χ2v) is 7.18. The maximum atomic E-state index is 12.3. The summed E-state index contributed by atoms with van der Waals surface area (Å²) >= 11 is 5.95. The average molecular weight is 359 g/mol. The van der Waals surface area contributed by atoms with Crippen molar-refractivity contribution in [3.63, 3.8) is 0 Å². The van der Waals surface area contributed by atoms with Crippen LogP contribution in [0.15, 0.2) is 47.2 Å². The molecule has 0 radical (unpaired) electrons. The Morgan fingerprint density at radius 2 is 2.04 bits per heavy atom. The fourth-order valence-corrected chi connectivity index (χ4v) is 2.56. The Kier molecular flexibility index (Phi) is 4.43. The highest BCUT2D eigenvalue weighted by atomic mass is 35.5. The van der Waals surface area contributed by atoms with Gasteiger partial charge < -0.3 is 9.15 Å². The van der Waals surface area contributed by atoms with Crippen LogP contribution in [0.25, 0.3) is 22.2 Å². The molecule has 0 atom stereocenters. The highest BCUT2D eigenvalue weighted by Gasteiger charge is 2.21. The Morgan fingerprint density at radius 3 is 2.76 bits per heavy atom. The van der Waals surface area contributed by atoms with Crippen LogP contribution < -0.4 is 4.90 Å². The number of carbonyl (C=O) groups is 1.